The van der Waals surface area contributed by atoms with Crippen molar-refractivity contribution >= 4 is 23.8 Å². The van der Waals surface area contributed by atoms with Crippen LogP contribution in [0, 0.1) is 10.1 Å². The molecule has 11 heteroatoms. The smallest absolute Gasteiger partial charge is 0.344 e. The molecule has 2 aliphatic rings. The number of methoxy groups -OCH3 is 1. The number of hydrogen-bond acceptors (Lipinski definition) is 9. The largest absolute Gasteiger partial charge is 0.495 e. The summed E-state index contributed by atoms with van der Waals surface area (Å²) in [5, 5.41) is 11.8. The first kappa shape index (κ1) is 21.8. The molecule has 11 nitrogen and oxygen atoms in total. The first-order valence-corrected chi connectivity index (χ1v) is 8.82. The third-order valence-corrected chi connectivity index (χ3v) is 4.58. The van der Waals surface area contributed by atoms with E-state index in [0.717, 1.165) is 11.0 Å². The molecule has 1 atom stereocenters. The second-order valence-electron chi connectivity index (χ2n) is 6.06. The van der Waals surface area contributed by atoms with Crippen molar-refractivity contribution in [1.29, 1.82) is 0 Å². The summed E-state index contributed by atoms with van der Waals surface area (Å²) in [6.07, 6.45) is 1.85. The monoisotopic (exact) mass is 408 g/mol. The number of allylic oxidation sites excluding steroid dienone is 2. The molecule has 1 unspecified atom stereocenters. The molecule has 156 valence electrons. The second kappa shape index (κ2) is 8.70. The van der Waals surface area contributed by atoms with E-state index < -0.39 is 39.9 Å². The average Bonchev–Trinajstić information content (AvgIpc) is 3.05. The van der Waals surface area contributed by atoms with Gasteiger partial charge in [0.05, 0.1) is 20.3 Å². The minimum Gasteiger partial charge on any atom is -0.495 e. The molecule has 1 heterocycles. The summed E-state index contributed by atoms with van der Waals surface area (Å²) in [5.41, 5.74) is -3.05. The van der Waals surface area contributed by atoms with E-state index in [1.807, 2.05) is 0 Å². The number of rotatable bonds is 7. The number of likely N-dealkylation sites (tertiary alicyclic amines) is 1. The molecule has 1 fully saturated rings. The quantitative estimate of drug-likeness (QED) is 0.191. The van der Waals surface area contributed by atoms with E-state index in [1.165, 1.54) is 33.0 Å². The molecule has 0 saturated carbocycles. The molecule has 0 aromatic carbocycles. The van der Waals surface area contributed by atoms with Gasteiger partial charge in [0.25, 0.3) is 6.04 Å². The molecule has 0 aromatic rings. The fraction of sp³-hybridized carbons (Fsp3) is 0.500. The van der Waals surface area contributed by atoms with Gasteiger partial charge in [0.15, 0.2) is 5.57 Å². The van der Waals surface area contributed by atoms with Crippen molar-refractivity contribution < 1.29 is 38.3 Å². The Bertz CT molecular complexity index is 833. The fourth-order valence-electron chi connectivity index (χ4n) is 3.38. The van der Waals surface area contributed by atoms with E-state index in [0.29, 0.717) is 0 Å². The van der Waals surface area contributed by atoms with Crippen molar-refractivity contribution in [2.75, 3.05) is 20.3 Å². The van der Waals surface area contributed by atoms with Crippen molar-refractivity contribution in [2.24, 2.45) is 0 Å². The minimum absolute atomic E-state index is 0.0903. The number of amides is 1. The standard InChI is InChI=1S/C18H20N2O9/c1-4-28-16(23)18(17(24)29-5-2)9-8-14(22)19(18)12-6-7-13(27-3)11(10-21)15(12)20(25)26/h6-7,15H,4-5,8-9H2,1-3H3. The molecule has 29 heavy (non-hydrogen) atoms. The molecule has 1 aliphatic carbocycles. The summed E-state index contributed by atoms with van der Waals surface area (Å²) in [5.74, 6) is -1.50. The van der Waals surface area contributed by atoms with Crippen LogP contribution in [-0.4, -0.2) is 65.5 Å². The number of carbonyl (C=O) groups is 3. The molecule has 2 rings (SSSR count). The van der Waals surface area contributed by atoms with Crippen LogP contribution < -0.4 is 0 Å². The van der Waals surface area contributed by atoms with Crippen LogP contribution in [0.3, 0.4) is 0 Å². The summed E-state index contributed by atoms with van der Waals surface area (Å²) >= 11 is 0. The Morgan fingerprint density at radius 2 is 1.86 bits per heavy atom. The van der Waals surface area contributed by atoms with Crippen LogP contribution in [0.1, 0.15) is 26.7 Å². The SMILES string of the molecule is CCOC(=O)C1(C(=O)OCC)CCC(=O)N1C1=CC=C(OC)C(=C=O)C1[N+](=O)[O-]. The zero-order chi connectivity index (χ0) is 21.8. The van der Waals surface area contributed by atoms with Gasteiger partial charge in [-0.3, -0.25) is 19.8 Å². The Morgan fingerprint density at radius 3 is 2.31 bits per heavy atom. The highest BCUT2D eigenvalue weighted by molar-refractivity contribution is 6.10. The summed E-state index contributed by atoms with van der Waals surface area (Å²) in [4.78, 5) is 61.4. The van der Waals surface area contributed by atoms with Gasteiger partial charge in [-0.05, 0) is 26.0 Å². The van der Waals surface area contributed by atoms with E-state index >= 15 is 0 Å². The maximum Gasteiger partial charge on any atom is 0.344 e. The second-order valence-corrected chi connectivity index (χ2v) is 6.06. The van der Waals surface area contributed by atoms with Crippen LogP contribution in [0.2, 0.25) is 0 Å². The van der Waals surface area contributed by atoms with Gasteiger partial charge in [-0.25, -0.2) is 14.4 Å². The molecule has 0 spiro atoms. The predicted molar refractivity (Wildman–Crippen MR) is 95.2 cm³/mol. The number of ether oxygens (including phenoxy) is 3. The highest BCUT2D eigenvalue weighted by atomic mass is 16.6. The van der Waals surface area contributed by atoms with Gasteiger partial charge in [-0.2, -0.15) is 0 Å². The van der Waals surface area contributed by atoms with Crippen LogP contribution in [0.25, 0.3) is 0 Å². The molecule has 1 saturated heterocycles. The topological polar surface area (TPSA) is 142 Å². The maximum absolute atomic E-state index is 12.8. The highest BCUT2D eigenvalue weighted by Gasteiger charge is 2.63. The third-order valence-electron chi connectivity index (χ3n) is 4.58. The maximum atomic E-state index is 12.8. The first-order valence-electron chi connectivity index (χ1n) is 8.82. The van der Waals surface area contributed by atoms with Crippen LogP contribution in [0.15, 0.2) is 29.2 Å². The number of nitro groups is 1. The van der Waals surface area contributed by atoms with Crippen molar-refractivity contribution in [3.63, 3.8) is 0 Å². The van der Waals surface area contributed by atoms with Crippen LogP contribution in [0.5, 0.6) is 0 Å². The summed E-state index contributed by atoms with van der Waals surface area (Å²) in [6, 6.07) is -1.88. The lowest BCUT2D eigenvalue weighted by Crippen LogP contribution is -2.60. The van der Waals surface area contributed by atoms with Crippen LogP contribution in [0.4, 0.5) is 0 Å². The van der Waals surface area contributed by atoms with Gasteiger partial charge in [0, 0.05) is 17.8 Å². The predicted octanol–water partition coefficient (Wildman–Crippen LogP) is 0.305. The van der Waals surface area contributed by atoms with E-state index in [4.69, 9.17) is 14.2 Å². The molecule has 0 aromatic heterocycles. The van der Waals surface area contributed by atoms with E-state index in [9.17, 15) is 29.3 Å². The summed E-state index contributed by atoms with van der Waals surface area (Å²) < 4.78 is 15.0. The van der Waals surface area contributed by atoms with E-state index in [-0.39, 0.29) is 37.5 Å². The number of carbonyl (C=O) groups excluding carboxylic acids is 4. The molecule has 0 bridgehead atoms. The third kappa shape index (κ3) is 3.52. The summed E-state index contributed by atoms with van der Waals surface area (Å²) in [7, 11) is 1.21. The summed E-state index contributed by atoms with van der Waals surface area (Å²) in [6.45, 7) is 2.84. The van der Waals surface area contributed by atoms with Gasteiger partial charge >= 0.3 is 11.9 Å². The zero-order valence-corrected chi connectivity index (χ0v) is 16.1. The van der Waals surface area contributed by atoms with Crippen LogP contribution >= 0.6 is 0 Å². The normalized spacial score (nSPS) is 20.4. The lowest BCUT2D eigenvalue weighted by atomic mass is 9.91. The lowest BCUT2D eigenvalue weighted by molar-refractivity contribution is -0.504. The zero-order valence-electron chi connectivity index (χ0n) is 16.1. The average molecular weight is 408 g/mol. The van der Waals surface area contributed by atoms with Crippen molar-refractivity contribution in [3.8, 4) is 0 Å². The molecule has 0 N–H and O–H groups in total. The van der Waals surface area contributed by atoms with Gasteiger partial charge in [0.1, 0.15) is 17.4 Å². The van der Waals surface area contributed by atoms with Gasteiger partial charge in [0.2, 0.25) is 11.4 Å². The fourth-order valence-corrected chi connectivity index (χ4v) is 3.38. The number of esters is 2. The van der Waals surface area contributed by atoms with Gasteiger partial charge < -0.3 is 14.2 Å². The van der Waals surface area contributed by atoms with Crippen molar-refractivity contribution in [1.82, 2.24) is 4.90 Å². The highest BCUT2D eigenvalue weighted by Crippen LogP contribution is 2.40. The molecular weight excluding hydrogens is 388 g/mol. The van der Waals surface area contributed by atoms with Gasteiger partial charge in [-0.1, -0.05) is 0 Å². The number of nitrogens with zero attached hydrogens (tertiary/aromatic N) is 2. The Kier molecular flexibility index (Phi) is 6.55. The van der Waals surface area contributed by atoms with Crippen molar-refractivity contribution in [3.05, 3.63) is 39.3 Å². The molecular formula is C18H20N2O9. The Hall–Kier alpha value is -3.46. The Balaban J connectivity index is 2.73. The first-order chi connectivity index (χ1) is 13.8. The Labute approximate surface area is 165 Å². The number of hydrogen-bond donors (Lipinski definition) is 0. The Morgan fingerprint density at radius 1 is 1.28 bits per heavy atom. The minimum atomic E-state index is -2.23. The van der Waals surface area contributed by atoms with E-state index in [1.54, 1.807) is 0 Å². The molecule has 1 aliphatic heterocycles. The molecule has 0 radical (unpaired) electrons. The van der Waals surface area contributed by atoms with Crippen LogP contribution in [-0.2, 0) is 33.4 Å². The molecule has 1 amide bonds. The van der Waals surface area contributed by atoms with Gasteiger partial charge in [-0.15, -0.1) is 0 Å². The van der Waals surface area contributed by atoms with E-state index in [2.05, 4.69) is 0 Å². The van der Waals surface area contributed by atoms with Crippen molar-refractivity contribution in [2.45, 2.75) is 38.3 Å². The lowest BCUT2D eigenvalue weighted by Gasteiger charge is -2.36.